The van der Waals surface area contributed by atoms with Crippen LogP contribution in [-0.4, -0.2) is 53.8 Å². The van der Waals surface area contributed by atoms with Gasteiger partial charge in [0.15, 0.2) is 6.61 Å². The Morgan fingerprint density at radius 3 is 2.61 bits per heavy atom. The molecule has 0 aliphatic carbocycles. The molecule has 2 N–H and O–H groups in total. The highest BCUT2D eigenvalue weighted by molar-refractivity contribution is 7.89. The first kappa shape index (κ1) is 20.3. The van der Waals surface area contributed by atoms with E-state index in [2.05, 4.69) is 4.98 Å². The highest BCUT2D eigenvalue weighted by Gasteiger charge is 2.26. The minimum absolute atomic E-state index is 0.0450. The fraction of sp³-hybridized carbons (Fsp3) is 0.500. The number of piperidine rings is 1. The van der Waals surface area contributed by atoms with E-state index in [-0.39, 0.29) is 11.3 Å². The number of fused-ring (bicyclic) bond motifs is 1. The summed E-state index contributed by atoms with van der Waals surface area (Å²) in [6.07, 6.45) is 3.15. The van der Waals surface area contributed by atoms with Crippen LogP contribution in [0.25, 0.3) is 11.0 Å². The molecule has 0 atom stereocenters. The molecule has 10 heteroatoms. The summed E-state index contributed by atoms with van der Waals surface area (Å²) in [5.74, 6) is -0.628. The highest BCUT2D eigenvalue weighted by atomic mass is 32.2. The smallest absolute Gasteiger partial charge is 0.306 e. The van der Waals surface area contributed by atoms with Gasteiger partial charge in [0, 0.05) is 26.6 Å². The molecule has 9 nitrogen and oxygen atoms in total. The summed E-state index contributed by atoms with van der Waals surface area (Å²) in [4.78, 5) is 27.0. The Balaban J connectivity index is 1.78. The Bertz CT molecular complexity index is 993. The SMILES string of the molecule is Cn1c(CCC(=O)OCC(N)=O)nc2cc(S(=O)(=O)N3CCCCC3)ccc21. The molecule has 0 bridgehead atoms. The third kappa shape index (κ3) is 4.33. The molecule has 3 rings (SSSR count). The van der Waals surface area contributed by atoms with Gasteiger partial charge in [0.1, 0.15) is 5.82 Å². The van der Waals surface area contributed by atoms with E-state index >= 15 is 0 Å². The lowest BCUT2D eigenvalue weighted by molar-refractivity contribution is -0.147. The van der Waals surface area contributed by atoms with Crippen molar-refractivity contribution >= 4 is 32.9 Å². The fourth-order valence-electron chi connectivity index (χ4n) is 3.31. The molecule has 28 heavy (non-hydrogen) atoms. The lowest BCUT2D eigenvalue weighted by Gasteiger charge is -2.25. The molecule has 0 unspecified atom stereocenters. The van der Waals surface area contributed by atoms with Gasteiger partial charge in [0.25, 0.3) is 5.91 Å². The Labute approximate surface area is 163 Å². The largest absolute Gasteiger partial charge is 0.456 e. The zero-order valence-electron chi connectivity index (χ0n) is 15.8. The van der Waals surface area contributed by atoms with Gasteiger partial charge < -0.3 is 15.0 Å². The molecule has 1 aliphatic rings. The number of primary amides is 1. The van der Waals surface area contributed by atoms with Gasteiger partial charge in [-0.3, -0.25) is 9.59 Å². The maximum atomic E-state index is 12.9. The molecule has 1 fully saturated rings. The molecule has 2 aromatic rings. The van der Waals surface area contributed by atoms with E-state index < -0.39 is 28.5 Å². The van der Waals surface area contributed by atoms with E-state index in [4.69, 9.17) is 10.5 Å². The number of esters is 1. The van der Waals surface area contributed by atoms with Crippen LogP contribution in [0.1, 0.15) is 31.5 Å². The van der Waals surface area contributed by atoms with Gasteiger partial charge in [0.2, 0.25) is 10.0 Å². The monoisotopic (exact) mass is 408 g/mol. The first-order valence-corrected chi connectivity index (χ1v) is 10.6. The predicted octanol–water partition coefficient (Wildman–Crippen LogP) is 0.709. The molecule has 152 valence electrons. The number of benzene rings is 1. The number of carbonyl (C=O) groups excluding carboxylic acids is 2. The second-order valence-electron chi connectivity index (χ2n) is 6.83. The number of hydrogen-bond donors (Lipinski definition) is 1. The van der Waals surface area contributed by atoms with Gasteiger partial charge in [-0.25, -0.2) is 13.4 Å². The van der Waals surface area contributed by atoms with Crippen LogP contribution in [0, 0.1) is 0 Å². The summed E-state index contributed by atoms with van der Waals surface area (Å²) >= 11 is 0. The molecular formula is C18H24N4O5S. The normalized spacial score (nSPS) is 15.6. The number of amides is 1. The van der Waals surface area contributed by atoms with Crippen molar-refractivity contribution in [3.05, 3.63) is 24.0 Å². The number of hydrogen-bond acceptors (Lipinski definition) is 6. The van der Waals surface area contributed by atoms with Crippen LogP contribution in [0.15, 0.2) is 23.1 Å². The van der Waals surface area contributed by atoms with Crippen LogP contribution >= 0.6 is 0 Å². The van der Waals surface area contributed by atoms with E-state index in [0.29, 0.717) is 30.9 Å². The molecule has 0 spiro atoms. The lowest BCUT2D eigenvalue weighted by Crippen LogP contribution is -2.35. The maximum Gasteiger partial charge on any atom is 0.306 e. The van der Waals surface area contributed by atoms with E-state index in [1.54, 1.807) is 25.2 Å². The Morgan fingerprint density at radius 2 is 1.93 bits per heavy atom. The van der Waals surface area contributed by atoms with Crippen molar-refractivity contribution in [2.24, 2.45) is 12.8 Å². The molecule has 1 aliphatic heterocycles. The van der Waals surface area contributed by atoms with Crippen molar-refractivity contribution in [1.29, 1.82) is 0 Å². The standard InChI is InChI=1S/C18H24N4O5S/c1-21-15-6-5-13(28(25,26)22-9-3-2-4-10-22)11-14(15)20-17(21)7-8-18(24)27-12-16(19)23/h5-6,11H,2-4,7-10,12H2,1H3,(H2,19,23). The minimum atomic E-state index is -3.53. The van der Waals surface area contributed by atoms with Gasteiger partial charge in [-0.1, -0.05) is 6.42 Å². The highest BCUT2D eigenvalue weighted by Crippen LogP contribution is 2.24. The second kappa shape index (κ2) is 8.27. The van der Waals surface area contributed by atoms with Gasteiger partial charge in [-0.2, -0.15) is 4.31 Å². The Hall–Kier alpha value is -2.46. The average Bonchev–Trinajstić information content (AvgIpc) is 3.00. The number of aryl methyl sites for hydroxylation is 2. The molecule has 1 saturated heterocycles. The number of ether oxygens (including phenoxy) is 1. The van der Waals surface area contributed by atoms with E-state index in [0.717, 1.165) is 24.8 Å². The van der Waals surface area contributed by atoms with Crippen molar-refractivity contribution in [1.82, 2.24) is 13.9 Å². The van der Waals surface area contributed by atoms with Crippen molar-refractivity contribution in [3.63, 3.8) is 0 Å². The summed E-state index contributed by atoms with van der Waals surface area (Å²) in [5, 5.41) is 0. The maximum absolute atomic E-state index is 12.9. The van der Waals surface area contributed by atoms with Crippen molar-refractivity contribution in [2.75, 3.05) is 19.7 Å². The number of carbonyl (C=O) groups is 2. The predicted molar refractivity (Wildman–Crippen MR) is 102 cm³/mol. The van der Waals surface area contributed by atoms with Crippen molar-refractivity contribution < 1.29 is 22.7 Å². The van der Waals surface area contributed by atoms with Crippen molar-refractivity contribution in [3.8, 4) is 0 Å². The van der Waals surface area contributed by atoms with Gasteiger partial charge in [0.05, 0.1) is 22.3 Å². The number of nitrogens with zero attached hydrogens (tertiary/aromatic N) is 3. The number of imidazole rings is 1. The molecule has 1 amide bonds. The summed E-state index contributed by atoms with van der Waals surface area (Å²) in [6.45, 7) is 0.640. The third-order valence-electron chi connectivity index (χ3n) is 4.83. The van der Waals surface area contributed by atoms with E-state index in [1.165, 1.54) is 4.31 Å². The Kier molecular flexibility index (Phi) is 5.99. The molecule has 0 saturated carbocycles. The zero-order valence-corrected chi connectivity index (χ0v) is 16.6. The van der Waals surface area contributed by atoms with E-state index in [1.807, 2.05) is 4.57 Å². The molecular weight excluding hydrogens is 384 g/mol. The van der Waals surface area contributed by atoms with Gasteiger partial charge in [-0.15, -0.1) is 0 Å². The summed E-state index contributed by atoms with van der Waals surface area (Å²) in [6, 6.07) is 4.90. The Morgan fingerprint density at radius 1 is 1.21 bits per heavy atom. The fourth-order valence-corrected chi connectivity index (χ4v) is 4.84. The quantitative estimate of drug-likeness (QED) is 0.673. The molecule has 1 aromatic heterocycles. The van der Waals surface area contributed by atoms with Crippen LogP contribution in [0.3, 0.4) is 0 Å². The first-order valence-electron chi connectivity index (χ1n) is 9.18. The molecule has 1 aromatic carbocycles. The lowest BCUT2D eigenvalue weighted by atomic mass is 10.2. The van der Waals surface area contributed by atoms with Crippen LogP contribution in [0.2, 0.25) is 0 Å². The summed E-state index contributed by atoms with van der Waals surface area (Å²) < 4.78 is 33.8. The number of aromatic nitrogens is 2. The zero-order chi connectivity index (χ0) is 20.3. The molecule has 2 heterocycles. The number of rotatable bonds is 7. The van der Waals surface area contributed by atoms with Crippen LogP contribution < -0.4 is 5.73 Å². The van der Waals surface area contributed by atoms with Crippen LogP contribution in [0.4, 0.5) is 0 Å². The topological polar surface area (TPSA) is 125 Å². The second-order valence-corrected chi connectivity index (χ2v) is 8.77. The summed E-state index contributed by atoms with van der Waals surface area (Å²) in [7, 11) is -1.73. The molecule has 0 radical (unpaired) electrons. The number of sulfonamides is 1. The summed E-state index contributed by atoms with van der Waals surface area (Å²) in [5.41, 5.74) is 6.27. The van der Waals surface area contributed by atoms with Crippen LogP contribution in [-0.2, 0) is 37.8 Å². The van der Waals surface area contributed by atoms with Gasteiger partial charge in [-0.05, 0) is 31.0 Å². The third-order valence-corrected chi connectivity index (χ3v) is 6.72. The van der Waals surface area contributed by atoms with Crippen molar-refractivity contribution in [2.45, 2.75) is 37.0 Å². The first-order chi connectivity index (χ1) is 13.3. The average molecular weight is 408 g/mol. The number of nitrogens with two attached hydrogens (primary N) is 1. The van der Waals surface area contributed by atoms with E-state index in [9.17, 15) is 18.0 Å². The van der Waals surface area contributed by atoms with Crippen LogP contribution in [0.5, 0.6) is 0 Å². The van der Waals surface area contributed by atoms with Gasteiger partial charge >= 0.3 is 5.97 Å². The minimum Gasteiger partial charge on any atom is -0.456 e.